The van der Waals surface area contributed by atoms with Crippen LogP contribution >= 0.6 is 0 Å². The minimum atomic E-state index is -2.99. The molecule has 5 heteroatoms. The first-order valence-electron chi connectivity index (χ1n) is 3.20. The maximum atomic E-state index is 11.7. The molecule has 11 heavy (non-hydrogen) atoms. The van der Waals surface area contributed by atoms with Crippen molar-refractivity contribution in [1.29, 1.82) is 0 Å². The molecule has 0 N–H and O–H groups in total. The van der Waals surface area contributed by atoms with Gasteiger partial charge in [-0.2, -0.15) is 8.78 Å². The molecule has 1 heterocycles. The Morgan fingerprint density at radius 2 is 2.18 bits per heavy atom. The summed E-state index contributed by atoms with van der Waals surface area (Å²) in [5.74, 6) is -1.39. The predicted molar refractivity (Wildman–Crippen MR) is 32.2 cm³/mol. The molecular formula is C6H7F2NO2. The van der Waals surface area contributed by atoms with Gasteiger partial charge in [0.25, 0.3) is 5.91 Å². The maximum Gasteiger partial charge on any atom is 0.315 e. The number of hydrogen-bond acceptors (Lipinski definition) is 2. The lowest BCUT2D eigenvalue weighted by Gasteiger charge is -2.12. The van der Waals surface area contributed by atoms with Crippen LogP contribution in [0.1, 0.15) is 6.42 Å². The Morgan fingerprint density at radius 3 is 2.55 bits per heavy atom. The largest absolute Gasteiger partial charge is 0.330 e. The van der Waals surface area contributed by atoms with Gasteiger partial charge in [-0.05, 0) is 0 Å². The molecule has 1 saturated heterocycles. The number of amides is 1. The minimum Gasteiger partial charge on any atom is -0.330 e. The maximum absolute atomic E-state index is 11.7. The van der Waals surface area contributed by atoms with Gasteiger partial charge in [0.2, 0.25) is 0 Å². The van der Waals surface area contributed by atoms with E-state index in [1.807, 2.05) is 0 Å². The van der Waals surface area contributed by atoms with Crippen LogP contribution in [0.25, 0.3) is 0 Å². The lowest BCUT2D eigenvalue weighted by atomic mass is 10.4. The van der Waals surface area contributed by atoms with Crippen LogP contribution in [0.4, 0.5) is 8.78 Å². The third-order valence-electron chi connectivity index (χ3n) is 1.53. The van der Waals surface area contributed by atoms with Gasteiger partial charge in [0.15, 0.2) is 5.78 Å². The van der Waals surface area contributed by atoms with Gasteiger partial charge in [0.1, 0.15) is 0 Å². The van der Waals surface area contributed by atoms with Crippen molar-refractivity contribution in [2.24, 2.45) is 0 Å². The van der Waals surface area contributed by atoms with Gasteiger partial charge >= 0.3 is 6.43 Å². The smallest absolute Gasteiger partial charge is 0.315 e. The van der Waals surface area contributed by atoms with Crippen molar-refractivity contribution in [3.63, 3.8) is 0 Å². The highest BCUT2D eigenvalue weighted by molar-refractivity contribution is 5.90. The zero-order valence-corrected chi connectivity index (χ0v) is 5.72. The molecule has 0 aliphatic carbocycles. The normalized spacial score (nSPS) is 18.1. The molecule has 0 aromatic rings. The molecule has 0 unspecified atom stereocenters. The van der Waals surface area contributed by atoms with Crippen molar-refractivity contribution in [2.45, 2.75) is 12.8 Å². The van der Waals surface area contributed by atoms with Crippen LogP contribution in [0.5, 0.6) is 0 Å². The highest BCUT2D eigenvalue weighted by atomic mass is 19.3. The van der Waals surface area contributed by atoms with Gasteiger partial charge in [0, 0.05) is 13.0 Å². The number of nitrogens with zero attached hydrogens (tertiary/aromatic N) is 1. The molecule has 62 valence electrons. The first-order valence-corrected chi connectivity index (χ1v) is 3.20. The Hall–Kier alpha value is -1.00. The second kappa shape index (κ2) is 2.94. The Bertz CT molecular complexity index is 193. The zero-order valence-electron chi connectivity index (χ0n) is 5.72. The monoisotopic (exact) mass is 163 g/mol. The number of carbonyl (C=O) groups excluding carboxylic acids is 2. The van der Waals surface area contributed by atoms with E-state index in [0.717, 1.165) is 4.90 Å². The molecule has 0 aromatic heterocycles. The SMILES string of the molecule is O=C1CCN(C(=O)C(F)F)C1. The van der Waals surface area contributed by atoms with Crippen molar-refractivity contribution < 1.29 is 18.4 Å². The van der Waals surface area contributed by atoms with Crippen LogP contribution in [0.3, 0.4) is 0 Å². The number of alkyl halides is 2. The number of rotatable bonds is 1. The van der Waals surface area contributed by atoms with Crippen molar-refractivity contribution in [2.75, 3.05) is 13.1 Å². The van der Waals surface area contributed by atoms with Gasteiger partial charge in [0.05, 0.1) is 6.54 Å². The van der Waals surface area contributed by atoms with E-state index in [0.29, 0.717) is 0 Å². The molecule has 1 rings (SSSR count). The average Bonchev–Trinajstić information content (AvgIpc) is 2.34. The Morgan fingerprint density at radius 1 is 1.55 bits per heavy atom. The van der Waals surface area contributed by atoms with Gasteiger partial charge in [-0.25, -0.2) is 0 Å². The number of Topliss-reactive ketones (excluding diaryl/α,β-unsaturated/α-hetero) is 1. The molecule has 1 aliphatic rings. The summed E-state index contributed by atoms with van der Waals surface area (Å²) in [5.41, 5.74) is 0. The number of hydrogen-bond donors (Lipinski definition) is 0. The van der Waals surface area contributed by atoms with Gasteiger partial charge in [-0.15, -0.1) is 0 Å². The summed E-state index contributed by atoms with van der Waals surface area (Å²) in [6.45, 7) is -0.00875. The third kappa shape index (κ3) is 1.72. The molecule has 1 fully saturated rings. The fourth-order valence-corrected chi connectivity index (χ4v) is 0.957. The van der Waals surface area contributed by atoms with Crippen molar-refractivity contribution in [1.82, 2.24) is 4.90 Å². The Balaban J connectivity index is 2.50. The summed E-state index contributed by atoms with van der Waals surface area (Å²) in [6, 6.07) is 0. The lowest BCUT2D eigenvalue weighted by molar-refractivity contribution is -0.142. The van der Waals surface area contributed by atoms with Gasteiger partial charge in [-0.1, -0.05) is 0 Å². The fraction of sp³-hybridized carbons (Fsp3) is 0.667. The first kappa shape index (κ1) is 8.10. The second-order valence-electron chi connectivity index (χ2n) is 2.35. The highest BCUT2D eigenvalue weighted by Crippen LogP contribution is 2.08. The van der Waals surface area contributed by atoms with Crippen LogP contribution in [0.2, 0.25) is 0 Å². The van der Waals surface area contributed by atoms with Crippen LogP contribution in [-0.4, -0.2) is 36.1 Å². The summed E-state index contributed by atoms with van der Waals surface area (Å²) in [6.07, 6.45) is -2.78. The van der Waals surface area contributed by atoms with E-state index in [2.05, 4.69) is 0 Å². The van der Waals surface area contributed by atoms with Crippen LogP contribution in [-0.2, 0) is 9.59 Å². The van der Waals surface area contributed by atoms with E-state index in [9.17, 15) is 18.4 Å². The standard InChI is InChI=1S/C6H7F2NO2/c7-5(8)6(11)9-2-1-4(10)3-9/h5H,1-3H2. The average molecular weight is 163 g/mol. The fourth-order valence-electron chi connectivity index (χ4n) is 0.957. The molecule has 0 atom stereocenters. The molecular weight excluding hydrogens is 156 g/mol. The number of likely N-dealkylation sites (tertiary alicyclic amines) is 1. The zero-order chi connectivity index (χ0) is 8.43. The van der Waals surface area contributed by atoms with E-state index in [1.54, 1.807) is 0 Å². The minimum absolute atomic E-state index is 0.141. The highest BCUT2D eigenvalue weighted by Gasteiger charge is 2.29. The summed E-state index contributed by atoms with van der Waals surface area (Å²) >= 11 is 0. The molecule has 1 aliphatic heterocycles. The van der Waals surface area contributed by atoms with Crippen molar-refractivity contribution >= 4 is 11.7 Å². The molecule has 0 saturated carbocycles. The molecule has 0 spiro atoms. The van der Waals surface area contributed by atoms with Crippen LogP contribution in [0, 0.1) is 0 Å². The molecule has 0 bridgehead atoms. The first-order chi connectivity index (χ1) is 5.11. The Kier molecular flexibility index (Phi) is 2.16. The van der Waals surface area contributed by atoms with E-state index in [1.165, 1.54) is 0 Å². The second-order valence-corrected chi connectivity index (χ2v) is 2.35. The van der Waals surface area contributed by atoms with Crippen molar-refractivity contribution in [3.05, 3.63) is 0 Å². The van der Waals surface area contributed by atoms with Crippen molar-refractivity contribution in [3.8, 4) is 0 Å². The van der Waals surface area contributed by atoms with Gasteiger partial charge < -0.3 is 4.90 Å². The topological polar surface area (TPSA) is 37.4 Å². The number of carbonyl (C=O) groups is 2. The number of halogens is 2. The molecule has 3 nitrogen and oxygen atoms in total. The summed E-state index contributed by atoms with van der Waals surface area (Å²) in [7, 11) is 0. The predicted octanol–water partition coefficient (Wildman–Crippen LogP) is 0.0529. The summed E-state index contributed by atoms with van der Waals surface area (Å²) in [5, 5.41) is 0. The van der Waals surface area contributed by atoms with E-state index in [-0.39, 0.29) is 25.3 Å². The molecule has 0 radical (unpaired) electrons. The molecule has 0 aromatic carbocycles. The van der Waals surface area contributed by atoms with Crippen LogP contribution in [0.15, 0.2) is 0 Å². The molecule has 1 amide bonds. The van der Waals surface area contributed by atoms with E-state index >= 15 is 0 Å². The van der Waals surface area contributed by atoms with E-state index < -0.39 is 12.3 Å². The quantitative estimate of drug-likeness (QED) is 0.547. The van der Waals surface area contributed by atoms with Gasteiger partial charge in [-0.3, -0.25) is 9.59 Å². The summed E-state index contributed by atoms with van der Waals surface area (Å²) in [4.78, 5) is 21.9. The number of ketones is 1. The Labute approximate surface area is 62.0 Å². The lowest BCUT2D eigenvalue weighted by Crippen LogP contribution is -2.33. The van der Waals surface area contributed by atoms with Crippen LogP contribution < -0.4 is 0 Å². The summed E-state index contributed by atoms with van der Waals surface area (Å²) < 4.78 is 23.4. The third-order valence-corrected chi connectivity index (χ3v) is 1.53. The van der Waals surface area contributed by atoms with E-state index in [4.69, 9.17) is 0 Å².